The molecule has 0 fully saturated rings. The average molecular weight is 159 g/mol. The van der Waals surface area contributed by atoms with Crippen molar-refractivity contribution < 1.29 is 14.7 Å². The Labute approximate surface area is 65.4 Å². The molecule has 0 heterocycles. The Morgan fingerprint density at radius 2 is 1.82 bits per heavy atom. The van der Waals surface area contributed by atoms with E-state index in [4.69, 9.17) is 10.8 Å². The smallest absolute Gasteiger partial charge is 0.303 e. The molecule has 0 bridgehead atoms. The van der Waals surface area contributed by atoms with Crippen molar-refractivity contribution in [1.82, 2.24) is 0 Å². The van der Waals surface area contributed by atoms with E-state index in [-0.39, 0.29) is 18.6 Å². The van der Waals surface area contributed by atoms with Crippen LogP contribution in [-0.4, -0.2) is 23.4 Å². The standard InChI is InChI=1S/C7H13NO3/c8-5-1-2-6(9)3-4-7(10)11/h1-5,8H2,(H,10,11). The van der Waals surface area contributed by atoms with E-state index in [1.165, 1.54) is 0 Å². The number of carboxylic acids is 1. The Kier molecular flexibility index (Phi) is 5.37. The monoisotopic (exact) mass is 159 g/mol. The zero-order chi connectivity index (χ0) is 8.69. The second kappa shape index (κ2) is 5.85. The fraction of sp³-hybridized carbons (Fsp3) is 0.714. The Bertz CT molecular complexity index is 145. The van der Waals surface area contributed by atoms with Crippen LogP contribution in [0.1, 0.15) is 25.7 Å². The van der Waals surface area contributed by atoms with Crippen molar-refractivity contribution in [3.8, 4) is 0 Å². The van der Waals surface area contributed by atoms with Crippen LogP contribution in [-0.2, 0) is 9.59 Å². The molecule has 0 unspecified atom stereocenters. The maximum Gasteiger partial charge on any atom is 0.303 e. The van der Waals surface area contributed by atoms with Crippen LogP contribution in [0.15, 0.2) is 0 Å². The Hall–Kier alpha value is -0.900. The van der Waals surface area contributed by atoms with E-state index < -0.39 is 5.97 Å². The van der Waals surface area contributed by atoms with Crippen molar-refractivity contribution in [2.75, 3.05) is 6.54 Å². The van der Waals surface area contributed by atoms with Gasteiger partial charge < -0.3 is 10.8 Å². The molecule has 64 valence electrons. The topological polar surface area (TPSA) is 80.4 Å². The van der Waals surface area contributed by atoms with Crippen molar-refractivity contribution in [3.63, 3.8) is 0 Å². The van der Waals surface area contributed by atoms with Gasteiger partial charge in [-0.25, -0.2) is 0 Å². The minimum absolute atomic E-state index is 0.0159. The van der Waals surface area contributed by atoms with E-state index in [1.807, 2.05) is 0 Å². The summed E-state index contributed by atoms with van der Waals surface area (Å²) in [6.07, 6.45) is 1.13. The largest absolute Gasteiger partial charge is 0.481 e. The molecule has 0 amide bonds. The minimum Gasteiger partial charge on any atom is -0.481 e. The molecule has 0 aliphatic rings. The molecule has 4 heteroatoms. The van der Waals surface area contributed by atoms with Crippen LogP contribution in [0.3, 0.4) is 0 Å². The first-order chi connectivity index (χ1) is 5.16. The van der Waals surface area contributed by atoms with Crippen molar-refractivity contribution in [2.24, 2.45) is 5.73 Å². The summed E-state index contributed by atoms with van der Waals surface area (Å²) in [4.78, 5) is 20.8. The number of carbonyl (C=O) groups is 2. The molecule has 0 aromatic heterocycles. The number of hydrogen-bond acceptors (Lipinski definition) is 3. The first kappa shape index (κ1) is 10.1. The molecule has 0 saturated heterocycles. The van der Waals surface area contributed by atoms with Gasteiger partial charge in [-0.3, -0.25) is 9.59 Å². The van der Waals surface area contributed by atoms with E-state index in [0.717, 1.165) is 0 Å². The molecule has 0 aromatic carbocycles. The molecule has 0 saturated carbocycles. The summed E-state index contributed by atoms with van der Waals surface area (Å²) in [5, 5.41) is 8.21. The van der Waals surface area contributed by atoms with E-state index in [9.17, 15) is 9.59 Å². The summed E-state index contributed by atoms with van der Waals surface area (Å²) in [6.45, 7) is 0.485. The quantitative estimate of drug-likeness (QED) is 0.578. The SMILES string of the molecule is NCCCC(=O)CCC(=O)O. The second-order valence-corrected chi connectivity index (χ2v) is 2.32. The Morgan fingerprint density at radius 1 is 1.18 bits per heavy atom. The highest BCUT2D eigenvalue weighted by atomic mass is 16.4. The van der Waals surface area contributed by atoms with Crippen molar-refractivity contribution >= 4 is 11.8 Å². The molecule has 0 aliphatic heterocycles. The predicted octanol–water partition coefficient (Wildman–Crippen LogP) is 0.159. The van der Waals surface area contributed by atoms with Gasteiger partial charge in [-0.05, 0) is 13.0 Å². The van der Waals surface area contributed by atoms with Gasteiger partial charge in [0.1, 0.15) is 5.78 Å². The highest BCUT2D eigenvalue weighted by Crippen LogP contribution is 1.97. The van der Waals surface area contributed by atoms with Crippen LogP contribution in [0.5, 0.6) is 0 Å². The number of Topliss-reactive ketones (excluding diaryl/α,β-unsaturated/α-hetero) is 1. The molecule has 0 rings (SSSR count). The van der Waals surface area contributed by atoms with Crippen molar-refractivity contribution in [3.05, 3.63) is 0 Å². The van der Waals surface area contributed by atoms with E-state index in [2.05, 4.69) is 0 Å². The first-order valence-corrected chi connectivity index (χ1v) is 3.60. The van der Waals surface area contributed by atoms with Gasteiger partial charge in [-0.15, -0.1) is 0 Å². The fourth-order valence-electron chi connectivity index (χ4n) is 0.671. The number of carboxylic acid groups (broad SMARTS) is 1. The number of hydrogen-bond donors (Lipinski definition) is 2. The van der Waals surface area contributed by atoms with Crippen molar-refractivity contribution in [2.45, 2.75) is 25.7 Å². The zero-order valence-electron chi connectivity index (χ0n) is 6.38. The molecule has 0 aromatic rings. The summed E-state index contributed by atoms with van der Waals surface area (Å²) in [5.74, 6) is -0.941. The van der Waals surface area contributed by atoms with Crippen LogP contribution in [0.4, 0.5) is 0 Å². The molecular weight excluding hydrogens is 146 g/mol. The maximum absolute atomic E-state index is 10.8. The molecule has 0 spiro atoms. The molecule has 0 aliphatic carbocycles. The van der Waals surface area contributed by atoms with Gasteiger partial charge in [0.05, 0.1) is 6.42 Å². The average Bonchev–Trinajstić information content (AvgIpc) is 1.97. The summed E-state index contributed by atoms with van der Waals surface area (Å²) in [7, 11) is 0. The van der Waals surface area contributed by atoms with Crippen LogP contribution in [0.2, 0.25) is 0 Å². The summed E-state index contributed by atoms with van der Waals surface area (Å²) in [5.41, 5.74) is 5.16. The number of rotatable bonds is 6. The first-order valence-electron chi connectivity index (χ1n) is 3.60. The lowest BCUT2D eigenvalue weighted by Gasteiger charge is -1.95. The van der Waals surface area contributed by atoms with Crippen LogP contribution in [0.25, 0.3) is 0 Å². The predicted molar refractivity (Wildman–Crippen MR) is 40.2 cm³/mol. The Morgan fingerprint density at radius 3 is 2.27 bits per heavy atom. The molecule has 11 heavy (non-hydrogen) atoms. The normalized spacial score (nSPS) is 9.55. The van der Waals surface area contributed by atoms with Crippen LogP contribution < -0.4 is 5.73 Å². The molecule has 3 N–H and O–H groups in total. The highest BCUT2D eigenvalue weighted by molar-refractivity contribution is 5.82. The van der Waals surface area contributed by atoms with Crippen molar-refractivity contribution in [1.29, 1.82) is 0 Å². The van der Waals surface area contributed by atoms with Gasteiger partial charge in [-0.1, -0.05) is 0 Å². The molecule has 0 radical (unpaired) electrons. The van der Waals surface area contributed by atoms with Gasteiger partial charge >= 0.3 is 5.97 Å². The van der Waals surface area contributed by atoms with E-state index in [1.54, 1.807) is 0 Å². The summed E-state index contributed by atoms with van der Waals surface area (Å²) < 4.78 is 0. The lowest BCUT2D eigenvalue weighted by Crippen LogP contribution is -2.06. The van der Waals surface area contributed by atoms with Crippen LogP contribution in [0, 0.1) is 0 Å². The lowest BCUT2D eigenvalue weighted by atomic mass is 10.1. The third kappa shape index (κ3) is 6.99. The molecule has 0 atom stereocenters. The fourth-order valence-corrected chi connectivity index (χ4v) is 0.671. The van der Waals surface area contributed by atoms with Gasteiger partial charge in [0, 0.05) is 12.8 Å². The van der Waals surface area contributed by atoms with E-state index >= 15 is 0 Å². The maximum atomic E-state index is 10.8. The lowest BCUT2D eigenvalue weighted by molar-refractivity contribution is -0.138. The third-order valence-corrected chi connectivity index (χ3v) is 1.28. The Balaban J connectivity index is 3.30. The third-order valence-electron chi connectivity index (χ3n) is 1.28. The summed E-state index contributed by atoms with van der Waals surface area (Å²) >= 11 is 0. The summed E-state index contributed by atoms with van der Waals surface area (Å²) in [6, 6.07) is 0. The number of carbonyl (C=O) groups excluding carboxylic acids is 1. The number of ketones is 1. The van der Waals surface area contributed by atoms with E-state index in [0.29, 0.717) is 19.4 Å². The van der Waals surface area contributed by atoms with Gasteiger partial charge in [0.25, 0.3) is 0 Å². The van der Waals surface area contributed by atoms with Gasteiger partial charge in [-0.2, -0.15) is 0 Å². The number of aliphatic carboxylic acids is 1. The second-order valence-electron chi connectivity index (χ2n) is 2.32. The highest BCUT2D eigenvalue weighted by Gasteiger charge is 2.03. The molecular formula is C7H13NO3. The number of nitrogens with two attached hydrogens (primary N) is 1. The zero-order valence-corrected chi connectivity index (χ0v) is 6.38. The van der Waals surface area contributed by atoms with Gasteiger partial charge in [0.2, 0.25) is 0 Å². The van der Waals surface area contributed by atoms with Crippen LogP contribution >= 0.6 is 0 Å². The molecule has 4 nitrogen and oxygen atoms in total. The van der Waals surface area contributed by atoms with Gasteiger partial charge in [0.15, 0.2) is 0 Å². The minimum atomic E-state index is -0.925.